The third-order valence-corrected chi connectivity index (χ3v) is 8.95. The summed E-state index contributed by atoms with van der Waals surface area (Å²) >= 11 is 12.6. The number of carbonyl (C=O) groups is 3. The summed E-state index contributed by atoms with van der Waals surface area (Å²) in [6, 6.07) is 10.9. The van der Waals surface area contributed by atoms with Gasteiger partial charge in [-0.3, -0.25) is 14.4 Å². The van der Waals surface area contributed by atoms with Crippen LogP contribution in [0.5, 0.6) is 0 Å². The molecule has 8 nitrogen and oxygen atoms in total. The van der Waals surface area contributed by atoms with Crippen LogP contribution in [0.25, 0.3) is 11.0 Å². The van der Waals surface area contributed by atoms with Crippen LogP contribution in [0.2, 0.25) is 10.0 Å². The smallest absolute Gasteiger partial charge is 0.253 e. The van der Waals surface area contributed by atoms with E-state index in [4.69, 9.17) is 23.2 Å². The first-order chi connectivity index (χ1) is 18.6. The van der Waals surface area contributed by atoms with E-state index >= 15 is 0 Å². The third-order valence-electron chi connectivity index (χ3n) is 8.21. The highest BCUT2D eigenvalue weighted by Crippen LogP contribution is 2.35. The molecule has 3 aromatic rings. The zero-order chi connectivity index (χ0) is 27.8. The number of rotatable bonds is 4. The molecular formula is C29H33Cl2N5O3. The van der Waals surface area contributed by atoms with Crippen molar-refractivity contribution in [1.29, 1.82) is 0 Å². The molecule has 0 spiro atoms. The molecule has 0 saturated carbocycles. The van der Waals surface area contributed by atoms with Crippen LogP contribution in [0.4, 0.5) is 0 Å². The maximum absolute atomic E-state index is 13.7. The number of nitrogens with one attached hydrogen (secondary N) is 1. The summed E-state index contributed by atoms with van der Waals surface area (Å²) in [7, 11) is 1.83. The number of aryl methyl sites for hydroxylation is 1. The number of halogens is 2. The number of benzene rings is 2. The van der Waals surface area contributed by atoms with Gasteiger partial charge in [-0.25, -0.2) is 4.98 Å². The molecule has 3 heterocycles. The van der Waals surface area contributed by atoms with Gasteiger partial charge in [0.15, 0.2) is 0 Å². The summed E-state index contributed by atoms with van der Waals surface area (Å²) in [4.78, 5) is 52.1. The molecule has 0 bridgehead atoms. The van der Waals surface area contributed by atoms with Crippen LogP contribution in [0.15, 0.2) is 36.4 Å². The highest BCUT2D eigenvalue weighted by atomic mass is 35.5. The summed E-state index contributed by atoms with van der Waals surface area (Å²) in [5.74, 6) is 0.645. The Kier molecular flexibility index (Phi) is 7.87. The number of aromatic nitrogens is 2. The van der Waals surface area contributed by atoms with Crippen molar-refractivity contribution < 1.29 is 14.4 Å². The van der Waals surface area contributed by atoms with Gasteiger partial charge in [-0.2, -0.15) is 0 Å². The summed E-state index contributed by atoms with van der Waals surface area (Å²) in [6.45, 7) is 5.71. The lowest BCUT2D eigenvalue weighted by molar-refractivity contribution is -0.141. The Hall–Kier alpha value is -3.10. The summed E-state index contributed by atoms with van der Waals surface area (Å²) in [6.07, 6.45) is 1.98. The van der Waals surface area contributed by atoms with E-state index in [0.717, 1.165) is 22.4 Å². The minimum Gasteiger partial charge on any atom is -0.343 e. The van der Waals surface area contributed by atoms with E-state index in [-0.39, 0.29) is 35.6 Å². The first-order valence-corrected chi connectivity index (χ1v) is 14.1. The van der Waals surface area contributed by atoms with Gasteiger partial charge < -0.3 is 19.7 Å². The number of imidazole rings is 1. The summed E-state index contributed by atoms with van der Waals surface area (Å²) in [5, 5.41) is 0.910. The first kappa shape index (κ1) is 27.5. The molecule has 2 fully saturated rings. The molecule has 206 valence electrons. The van der Waals surface area contributed by atoms with E-state index in [2.05, 4.69) is 9.97 Å². The molecule has 1 aromatic heterocycles. The van der Waals surface area contributed by atoms with E-state index < -0.39 is 0 Å². The first-order valence-electron chi connectivity index (χ1n) is 13.3. The lowest BCUT2D eigenvalue weighted by atomic mass is 9.83. The second kappa shape index (κ2) is 11.2. The number of fused-ring (bicyclic) bond motifs is 1. The van der Waals surface area contributed by atoms with Gasteiger partial charge in [0.2, 0.25) is 11.8 Å². The standard InChI is InChI=1S/C29H33Cl2N5O3/c1-17-32-25-7-5-21(15-26(25)33-17)28(38)34(3)27-10-13-36(16-22(27)20-4-6-23(30)24(31)14-20)29(39)19-8-11-35(12-9-19)18(2)37/h4-7,14-15,19,22,27H,8-13,16H2,1-3H3,(H,32,33)/t22-,27+/m0/s1. The number of hydrogen-bond donors (Lipinski definition) is 1. The SMILES string of the molecule is CC(=O)N1CCC(C(=O)N2CC[C@@H](N(C)C(=O)c3ccc4nc(C)[nH]c4c3)[C@H](c3ccc(Cl)c(Cl)c3)C2)CC1. The highest BCUT2D eigenvalue weighted by Gasteiger charge is 2.39. The van der Waals surface area contributed by atoms with Crippen LogP contribution in [0.1, 0.15) is 53.8 Å². The number of nitrogens with zero attached hydrogens (tertiary/aromatic N) is 4. The molecule has 2 atom stereocenters. The van der Waals surface area contributed by atoms with Crippen LogP contribution in [-0.4, -0.2) is 81.7 Å². The molecule has 0 aliphatic carbocycles. The van der Waals surface area contributed by atoms with Crippen molar-refractivity contribution >= 4 is 52.0 Å². The van der Waals surface area contributed by atoms with Crippen LogP contribution < -0.4 is 0 Å². The number of aromatic amines is 1. The van der Waals surface area contributed by atoms with E-state index in [9.17, 15) is 14.4 Å². The van der Waals surface area contributed by atoms with Crippen molar-refractivity contribution in [3.05, 3.63) is 63.4 Å². The van der Waals surface area contributed by atoms with Gasteiger partial charge in [0.25, 0.3) is 5.91 Å². The number of amides is 3. The number of likely N-dealkylation sites (N-methyl/N-ethyl adjacent to an activating group) is 1. The number of hydrogen-bond acceptors (Lipinski definition) is 4. The topological polar surface area (TPSA) is 89.6 Å². The van der Waals surface area contributed by atoms with Crippen molar-refractivity contribution in [2.45, 2.75) is 45.1 Å². The Labute approximate surface area is 238 Å². The zero-order valence-electron chi connectivity index (χ0n) is 22.4. The molecular weight excluding hydrogens is 537 g/mol. The lowest BCUT2D eigenvalue weighted by Crippen LogP contribution is -2.53. The Balaban J connectivity index is 1.38. The molecule has 2 saturated heterocycles. The number of carbonyl (C=O) groups excluding carboxylic acids is 3. The van der Waals surface area contributed by atoms with Crippen molar-refractivity contribution in [3.63, 3.8) is 0 Å². The summed E-state index contributed by atoms with van der Waals surface area (Å²) < 4.78 is 0. The minimum absolute atomic E-state index is 0.0518. The fourth-order valence-corrected chi connectivity index (χ4v) is 6.30. The monoisotopic (exact) mass is 569 g/mol. The van der Waals surface area contributed by atoms with E-state index in [0.29, 0.717) is 61.1 Å². The molecule has 3 amide bonds. The molecule has 10 heteroatoms. The van der Waals surface area contributed by atoms with Crippen molar-refractivity contribution in [2.24, 2.45) is 5.92 Å². The highest BCUT2D eigenvalue weighted by molar-refractivity contribution is 6.42. The van der Waals surface area contributed by atoms with E-state index in [1.165, 1.54) is 0 Å². The average Bonchev–Trinajstić information content (AvgIpc) is 3.32. The van der Waals surface area contributed by atoms with Gasteiger partial charge in [-0.05, 0) is 62.1 Å². The van der Waals surface area contributed by atoms with E-state index in [1.807, 2.05) is 49.2 Å². The zero-order valence-corrected chi connectivity index (χ0v) is 23.9. The normalized spacial score (nSPS) is 20.3. The molecule has 2 aliphatic rings. The average molecular weight is 571 g/mol. The van der Waals surface area contributed by atoms with Gasteiger partial charge >= 0.3 is 0 Å². The number of likely N-dealkylation sites (tertiary alicyclic amines) is 2. The largest absolute Gasteiger partial charge is 0.343 e. The van der Waals surface area contributed by atoms with Gasteiger partial charge in [-0.1, -0.05) is 29.3 Å². The quantitative estimate of drug-likeness (QED) is 0.484. The number of H-pyrrole nitrogens is 1. The predicted octanol–water partition coefficient (Wildman–Crippen LogP) is 4.89. The Morgan fingerprint density at radius 3 is 2.38 bits per heavy atom. The fourth-order valence-electron chi connectivity index (χ4n) is 6.00. The molecule has 39 heavy (non-hydrogen) atoms. The number of piperidine rings is 2. The molecule has 0 radical (unpaired) electrons. The van der Waals surface area contributed by atoms with Gasteiger partial charge in [0.05, 0.1) is 21.1 Å². The molecule has 2 aromatic carbocycles. The predicted molar refractivity (Wildman–Crippen MR) is 152 cm³/mol. The summed E-state index contributed by atoms with van der Waals surface area (Å²) in [5.41, 5.74) is 3.17. The van der Waals surface area contributed by atoms with Crippen LogP contribution in [-0.2, 0) is 9.59 Å². The Morgan fingerprint density at radius 2 is 1.69 bits per heavy atom. The molecule has 2 aliphatic heterocycles. The molecule has 1 N–H and O–H groups in total. The maximum Gasteiger partial charge on any atom is 0.253 e. The second-order valence-electron chi connectivity index (χ2n) is 10.7. The minimum atomic E-state index is -0.141. The third kappa shape index (κ3) is 5.63. The molecule has 0 unspecified atom stereocenters. The van der Waals surface area contributed by atoms with Gasteiger partial charge in [0, 0.05) is 63.6 Å². The lowest BCUT2D eigenvalue weighted by Gasteiger charge is -2.44. The van der Waals surface area contributed by atoms with Gasteiger partial charge in [-0.15, -0.1) is 0 Å². The van der Waals surface area contributed by atoms with Crippen LogP contribution in [0, 0.1) is 12.8 Å². The fraction of sp³-hybridized carbons (Fsp3) is 0.448. The Bertz CT molecular complexity index is 1420. The van der Waals surface area contributed by atoms with Crippen LogP contribution in [0.3, 0.4) is 0 Å². The van der Waals surface area contributed by atoms with Crippen LogP contribution >= 0.6 is 23.2 Å². The van der Waals surface area contributed by atoms with Crippen molar-refractivity contribution in [1.82, 2.24) is 24.7 Å². The van der Waals surface area contributed by atoms with Crippen molar-refractivity contribution in [2.75, 3.05) is 33.2 Å². The van der Waals surface area contributed by atoms with E-state index in [1.54, 1.807) is 22.8 Å². The maximum atomic E-state index is 13.7. The molecule has 5 rings (SSSR count). The second-order valence-corrected chi connectivity index (χ2v) is 11.5. The Morgan fingerprint density at radius 1 is 0.974 bits per heavy atom. The van der Waals surface area contributed by atoms with Crippen molar-refractivity contribution in [3.8, 4) is 0 Å². The van der Waals surface area contributed by atoms with Gasteiger partial charge in [0.1, 0.15) is 5.82 Å².